The van der Waals surface area contributed by atoms with E-state index in [1.807, 2.05) is 12.1 Å². The standard InChI is InChI=1S/C25H23B4N3O5/c26-24(27)20(21(33)30-23(35)25(24,28)29)32-13-18-17(22(32)34)2-1-3-19(18)37-14-16-6-4-15(5-7-16)12-31-8-10-36-11-9-31/h1-7,20H,8-14H2,(H,30,33,35). The number of ether oxygens (including phenoxy) is 2. The van der Waals surface area contributed by atoms with E-state index in [1.54, 1.807) is 18.2 Å². The van der Waals surface area contributed by atoms with Gasteiger partial charge < -0.3 is 14.4 Å². The Morgan fingerprint density at radius 1 is 0.973 bits per heavy atom. The summed E-state index contributed by atoms with van der Waals surface area (Å²) in [5, 5.41) is -2.40. The van der Waals surface area contributed by atoms with Gasteiger partial charge in [-0.3, -0.25) is 24.6 Å². The molecule has 1 N–H and O–H groups in total. The lowest BCUT2D eigenvalue weighted by atomic mass is 9.26. The van der Waals surface area contributed by atoms with Crippen LogP contribution in [0.5, 0.6) is 5.75 Å². The minimum atomic E-state index is -2.27. The Morgan fingerprint density at radius 2 is 1.65 bits per heavy atom. The summed E-state index contributed by atoms with van der Waals surface area (Å²) in [5.74, 6) is -1.85. The molecule has 2 fully saturated rings. The molecule has 37 heavy (non-hydrogen) atoms. The molecule has 3 heterocycles. The third kappa shape index (κ3) is 4.61. The number of benzene rings is 2. The summed E-state index contributed by atoms with van der Waals surface area (Å²) >= 11 is 0. The van der Waals surface area contributed by atoms with Gasteiger partial charge in [-0.1, -0.05) is 35.5 Å². The number of nitrogens with zero attached hydrogens (tertiary/aromatic N) is 2. The molecule has 8 radical (unpaired) electrons. The van der Waals surface area contributed by atoms with Crippen LogP contribution in [0.25, 0.3) is 0 Å². The van der Waals surface area contributed by atoms with Crippen molar-refractivity contribution in [2.45, 2.75) is 36.2 Å². The van der Waals surface area contributed by atoms with Gasteiger partial charge in [0.05, 0.1) is 51.1 Å². The molecule has 5 rings (SSSR count). The molecule has 1 atom stereocenters. The number of carbonyl (C=O) groups excluding carboxylic acids is 3. The molecule has 3 aliphatic rings. The Morgan fingerprint density at radius 3 is 2.35 bits per heavy atom. The summed E-state index contributed by atoms with van der Waals surface area (Å²) in [6.07, 6.45) is 0. The van der Waals surface area contributed by atoms with Crippen molar-refractivity contribution in [3.63, 3.8) is 0 Å². The summed E-state index contributed by atoms with van der Waals surface area (Å²) in [6.45, 7) is 4.50. The highest BCUT2D eigenvalue weighted by molar-refractivity contribution is 6.63. The number of imide groups is 1. The predicted octanol–water partition coefficient (Wildman–Crippen LogP) is -0.0150. The van der Waals surface area contributed by atoms with Crippen molar-refractivity contribution in [3.05, 3.63) is 64.7 Å². The van der Waals surface area contributed by atoms with Crippen molar-refractivity contribution in [1.29, 1.82) is 0 Å². The van der Waals surface area contributed by atoms with Crippen LogP contribution in [0.15, 0.2) is 42.5 Å². The summed E-state index contributed by atoms with van der Waals surface area (Å²) in [4.78, 5) is 41.6. The highest BCUT2D eigenvalue weighted by atomic mass is 16.5. The Hall–Kier alpha value is -2.97. The summed E-state index contributed by atoms with van der Waals surface area (Å²) in [7, 11) is 24.0. The second kappa shape index (κ2) is 9.72. The lowest BCUT2D eigenvalue weighted by Crippen LogP contribution is -2.66. The number of amides is 3. The van der Waals surface area contributed by atoms with Gasteiger partial charge in [-0.2, -0.15) is 0 Å². The second-order valence-electron chi connectivity index (χ2n) is 9.73. The van der Waals surface area contributed by atoms with Gasteiger partial charge in [-0.25, -0.2) is 0 Å². The molecule has 3 amide bonds. The Balaban J connectivity index is 1.29. The number of carbonyl (C=O) groups is 3. The molecule has 180 valence electrons. The van der Waals surface area contributed by atoms with Crippen molar-refractivity contribution in [3.8, 4) is 5.75 Å². The fourth-order valence-electron chi connectivity index (χ4n) is 4.91. The van der Waals surface area contributed by atoms with Gasteiger partial charge in [0.2, 0.25) is 11.8 Å². The van der Waals surface area contributed by atoms with Crippen LogP contribution < -0.4 is 10.1 Å². The number of rotatable bonds is 6. The van der Waals surface area contributed by atoms with Crippen molar-refractivity contribution in [2.24, 2.45) is 0 Å². The molecule has 2 aromatic carbocycles. The van der Waals surface area contributed by atoms with Gasteiger partial charge in [-0.05, 0) is 28.5 Å². The van der Waals surface area contributed by atoms with Crippen molar-refractivity contribution >= 4 is 49.1 Å². The van der Waals surface area contributed by atoms with E-state index in [4.69, 9.17) is 40.9 Å². The average Bonchev–Trinajstić information content (AvgIpc) is 3.19. The van der Waals surface area contributed by atoms with E-state index in [-0.39, 0.29) is 13.2 Å². The molecule has 1 unspecified atom stereocenters. The number of nitrogens with one attached hydrogen (secondary N) is 1. The van der Waals surface area contributed by atoms with Crippen molar-refractivity contribution in [1.82, 2.24) is 15.1 Å². The number of hydrogen-bond acceptors (Lipinski definition) is 6. The third-order valence-electron chi connectivity index (χ3n) is 7.22. The minimum absolute atomic E-state index is 0.0126. The first-order valence-electron chi connectivity index (χ1n) is 12.0. The molecule has 0 aliphatic carbocycles. The fourth-order valence-corrected chi connectivity index (χ4v) is 4.91. The van der Waals surface area contributed by atoms with Crippen molar-refractivity contribution in [2.75, 3.05) is 26.3 Å². The maximum Gasteiger partial charge on any atom is 0.255 e. The second-order valence-corrected chi connectivity index (χ2v) is 9.73. The van der Waals surface area contributed by atoms with E-state index in [1.165, 1.54) is 10.5 Å². The molecule has 12 heteroatoms. The first-order chi connectivity index (χ1) is 17.6. The maximum absolute atomic E-state index is 13.3. The molecule has 0 saturated carbocycles. The maximum atomic E-state index is 13.3. The van der Waals surface area contributed by atoms with E-state index in [2.05, 4.69) is 22.3 Å². The number of fused-ring (bicyclic) bond motifs is 1. The first-order valence-corrected chi connectivity index (χ1v) is 12.0. The molecule has 0 aromatic heterocycles. The number of hydrogen-bond donors (Lipinski definition) is 1. The molecule has 8 nitrogen and oxygen atoms in total. The zero-order chi connectivity index (χ0) is 26.4. The highest BCUT2D eigenvalue weighted by Crippen LogP contribution is 2.50. The lowest BCUT2D eigenvalue weighted by Gasteiger charge is -2.53. The van der Waals surface area contributed by atoms with E-state index >= 15 is 0 Å². The van der Waals surface area contributed by atoms with E-state index in [9.17, 15) is 14.4 Å². The van der Waals surface area contributed by atoms with Crippen LogP contribution in [-0.2, 0) is 34.0 Å². The quantitative estimate of drug-likeness (QED) is 0.454. The van der Waals surface area contributed by atoms with Gasteiger partial charge in [-0.15, -0.1) is 0 Å². The van der Waals surface area contributed by atoms with Crippen LogP contribution in [0.1, 0.15) is 27.0 Å². The van der Waals surface area contributed by atoms with Crippen LogP contribution in [-0.4, -0.2) is 91.3 Å². The van der Waals surface area contributed by atoms with E-state index in [0.29, 0.717) is 16.9 Å². The van der Waals surface area contributed by atoms with Crippen molar-refractivity contribution < 1.29 is 23.9 Å². The molecule has 2 saturated heterocycles. The molecule has 3 aliphatic heterocycles. The zero-order valence-corrected chi connectivity index (χ0v) is 20.3. The van der Waals surface area contributed by atoms with Crippen LogP contribution >= 0.6 is 0 Å². The topological polar surface area (TPSA) is 88.2 Å². The van der Waals surface area contributed by atoms with Gasteiger partial charge in [0.25, 0.3) is 5.91 Å². The summed E-state index contributed by atoms with van der Waals surface area (Å²) in [6, 6.07) is 11.8. The largest absolute Gasteiger partial charge is 0.489 e. The average molecular weight is 489 g/mol. The SMILES string of the molecule is [B]C1([B])C(=O)NC(=O)C(N2Cc3c(OCc4ccc(CN5CCOCC5)cc4)cccc3C2=O)C1([B])[B]. The number of morpholine rings is 1. The van der Waals surface area contributed by atoms with Gasteiger partial charge in [0.1, 0.15) is 18.4 Å². The van der Waals surface area contributed by atoms with E-state index in [0.717, 1.165) is 38.4 Å². The number of piperidine rings is 1. The molecular formula is C25H23B4N3O5. The normalized spacial score (nSPS) is 23.0. The summed E-state index contributed by atoms with van der Waals surface area (Å²) < 4.78 is 11.5. The molecular weight excluding hydrogens is 466 g/mol. The summed E-state index contributed by atoms with van der Waals surface area (Å²) in [5.41, 5.74) is 3.10. The Bertz CT molecular complexity index is 1230. The monoisotopic (exact) mass is 489 g/mol. The Kier molecular flexibility index (Phi) is 6.75. The van der Waals surface area contributed by atoms with E-state index < -0.39 is 34.2 Å². The van der Waals surface area contributed by atoms with Gasteiger partial charge in [0.15, 0.2) is 0 Å². The minimum Gasteiger partial charge on any atom is -0.489 e. The van der Waals surface area contributed by atoms with Crippen LogP contribution in [0, 0.1) is 0 Å². The van der Waals surface area contributed by atoms with Crippen LogP contribution in [0.4, 0.5) is 0 Å². The smallest absolute Gasteiger partial charge is 0.255 e. The van der Waals surface area contributed by atoms with Gasteiger partial charge >= 0.3 is 0 Å². The molecule has 0 spiro atoms. The highest BCUT2D eigenvalue weighted by Gasteiger charge is 2.56. The van der Waals surface area contributed by atoms with Crippen LogP contribution in [0.2, 0.25) is 10.4 Å². The molecule has 0 bridgehead atoms. The first kappa shape index (κ1) is 25.7. The fraction of sp³-hybridized carbons (Fsp3) is 0.400. The predicted molar refractivity (Wildman–Crippen MR) is 139 cm³/mol. The Labute approximate surface area is 221 Å². The van der Waals surface area contributed by atoms with Gasteiger partial charge in [0, 0.05) is 30.8 Å². The third-order valence-corrected chi connectivity index (χ3v) is 7.22. The zero-order valence-electron chi connectivity index (χ0n) is 20.3. The lowest BCUT2D eigenvalue weighted by molar-refractivity contribution is -0.138. The molecule has 2 aromatic rings. The van der Waals surface area contributed by atoms with Crippen LogP contribution in [0.3, 0.4) is 0 Å².